The number of ketones is 1. The van der Waals surface area contributed by atoms with Crippen LogP contribution in [-0.2, 0) is 0 Å². The molecule has 1 aromatic rings. The third-order valence-electron chi connectivity index (χ3n) is 3.32. The molecule has 96 valence electrons. The fourth-order valence-corrected chi connectivity index (χ4v) is 3.40. The number of thiophene rings is 1. The van der Waals surface area contributed by atoms with Gasteiger partial charge in [0.2, 0.25) is 0 Å². The first-order valence-corrected chi connectivity index (χ1v) is 6.75. The van der Waals surface area contributed by atoms with E-state index in [0.29, 0.717) is 16.1 Å². The summed E-state index contributed by atoms with van der Waals surface area (Å²) >= 11 is 1.35. The Morgan fingerprint density at radius 2 is 2.22 bits per heavy atom. The summed E-state index contributed by atoms with van der Waals surface area (Å²) in [6.45, 7) is 7.72. The summed E-state index contributed by atoms with van der Waals surface area (Å²) < 4.78 is 0. The number of nitrogens with two attached hydrogens (primary N) is 1. The van der Waals surface area contributed by atoms with E-state index in [9.17, 15) is 10.1 Å². The van der Waals surface area contributed by atoms with Gasteiger partial charge in [0.25, 0.3) is 0 Å². The van der Waals surface area contributed by atoms with Crippen molar-refractivity contribution in [3.63, 3.8) is 0 Å². The monoisotopic (exact) mass is 263 g/mol. The van der Waals surface area contributed by atoms with Crippen LogP contribution in [0.3, 0.4) is 0 Å². The van der Waals surface area contributed by atoms with Crippen molar-refractivity contribution in [1.29, 1.82) is 5.26 Å². The Morgan fingerprint density at radius 1 is 1.56 bits per heavy atom. The van der Waals surface area contributed by atoms with Crippen LogP contribution in [0.4, 0.5) is 10.7 Å². The molecule has 0 unspecified atom stereocenters. The maximum Gasteiger partial charge on any atom is 0.171 e. The highest BCUT2D eigenvalue weighted by Crippen LogP contribution is 2.42. The smallest absolute Gasteiger partial charge is 0.171 e. The van der Waals surface area contributed by atoms with Gasteiger partial charge in [-0.3, -0.25) is 4.79 Å². The summed E-state index contributed by atoms with van der Waals surface area (Å²) in [7, 11) is 0. The molecular weight excluding hydrogens is 246 g/mol. The van der Waals surface area contributed by atoms with Crippen molar-refractivity contribution in [2.75, 3.05) is 23.7 Å². The van der Waals surface area contributed by atoms with E-state index in [1.165, 1.54) is 18.3 Å². The Bertz CT molecular complexity index is 539. The molecule has 5 heteroatoms. The van der Waals surface area contributed by atoms with Gasteiger partial charge in [-0.2, -0.15) is 5.26 Å². The lowest BCUT2D eigenvalue weighted by atomic mass is 9.93. The molecule has 18 heavy (non-hydrogen) atoms. The van der Waals surface area contributed by atoms with Crippen LogP contribution >= 0.6 is 11.3 Å². The Balaban J connectivity index is 2.43. The molecule has 1 aliphatic heterocycles. The van der Waals surface area contributed by atoms with Crippen molar-refractivity contribution in [3.8, 4) is 6.07 Å². The van der Waals surface area contributed by atoms with Gasteiger partial charge in [0.05, 0.1) is 10.6 Å². The minimum Gasteiger partial charge on any atom is -0.396 e. The molecule has 0 amide bonds. The fourth-order valence-electron chi connectivity index (χ4n) is 2.31. The summed E-state index contributed by atoms with van der Waals surface area (Å²) in [5.74, 6) is -0.0706. The van der Waals surface area contributed by atoms with Gasteiger partial charge in [-0.25, -0.2) is 0 Å². The number of Topliss-reactive ketones (excluding diaryl/α,β-unsaturated/α-hetero) is 1. The van der Waals surface area contributed by atoms with Gasteiger partial charge < -0.3 is 10.6 Å². The molecule has 4 nitrogen and oxygen atoms in total. The van der Waals surface area contributed by atoms with Crippen LogP contribution in [0.25, 0.3) is 0 Å². The fraction of sp³-hybridized carbons (Fsp3) is 0.538. The van der Waals surface area contributed by atoms with Gasteiger partial charge in [-0.15, -0.1) is 11.3 Å². The van der Waals surface area contributed by atoms with Crippen molar-refractivity contribution >= 4 is 27.8 Å². The molecule has 0 aliphatic carbocycles. The van der Waals surface area contributed by atoms with Crippen LogP contribution in [0.5, 0.6) is 0 Å². The number of carbonyl (C=O) groups is 1. The largest absolute Gasteiger partial charge is 0.396 e. The predicted octanol–water partition coefficient (Wildman–Crippen LogP) is 2.64. The van der Waals surface area contributed by atoms with Gasteiger partial charge in [0.15, 0.2) is 5.78 Å². The molecular formula is C13H17N3OS. The normalized spacial score (nSPS) is 17.8. The van der Waals surface area contributed by atoms with Crippen molar-refractivity contribution in [2.45, 2.75) is 27.2 Å². The van der Waals surface area contributed by atoms with Crippen LogP contribution in [0.2, 0.25) is 0 Å². The Morgan fingerprint density at radius 3 is 2.67 bits per heavy atom. The number of hydrogen-bond acceptors (Lipinski definition) is 5. The Kier molecular flexibility index (Phi) is 3.07. The minimum atomic E-state index is -0.0706. The van der Waals surface area contributed by atoms with E-state index < -0.39 is 0 Å². The van der Waals surface area contributed by atoms with Crippen LogP contribution in [0.1, 0.15) is 42.4 Å². The summed E-state index contributed by atoms with van der Waals surface area (Å²) in [5, 5.41) is 10.1. The standard InChI is InChI=1S/C13H17N3OS/c1-8(17)11-10(15)9(6-14)12(18-11)16-5-4-13(2,3)7-16/h4-5,7,15H2,1-3H3. The van der Waals surface area contributed by atoms with Crippen LogP contribution in [0, 0.1) is 16.7 Å². The number of carbonyl (C=O) groups excluding carboxylic acids is 1. The summed E-state index contributed by atoms with van der Waals surface area (Å²) in [6.07, 6.45) is 1.09. The highest BCUT2D eigenvalue weighted by Gasteiger charge is 2.32. The average Bonchev–Trinajstić information content (AvgIpc) is 2.78. The molecule has 1 aromatic heterocycles. The molecule has 0 saturated carbocycles. The van der Waals surface area contributed by atoms with Gasteiger partial charge in [0, 0.05) is 20.0 Å². The lowest BCUT2D eigenvalue weighted by Crippen LogP contribution is -2.22. The van der Waals surface area contributed by atoms with E-state index in [0.717, 1.165) is 24.5 Å². The van der Waals surface area contributed by atoms with Crippen molar-refractivity contribution in [2.24, 2.45) is 5.41 Å². The van der Waals surface area contributed by atoms with Crippen LogP contribution in [0.15, 0.2) is 0 Å². The molecule has 0 radical (unpaired) electrons. The second-order valence-electron chi connectivity index (χ2n) is 5.53. The molecule has 0 spiro atoms. The third-order valence-corrected chi connectivity index (χ3v) is 4.69. The van der Waals surface area contributed by atoms with Gasteiger partial charge >= 0.3 is 0 Å². The topological polar surface area (TPSA) is 70.1 Å². The maximum absolute atomic E-state index is 11.5. The number of anilines is 2. The van der Waals surface area contributed by atoms with E-state index in [4.69, 9.17) is 5.73 Å². The van der Waals surface area contributed by atoms with E-state index in [2.05, 4.69) is 24.8 Å². The van der Waals surface area contributed by atoms with Gasteiger partial charge in [0.1, 0.15) is 16.6 Å². The maximum atomic E-state index is 11.5. The zero-order chi connectivity index (χ0) is 13.5. The number of hydrogen-bond donors (Lipinski definition) is 1. The van der Waals surface area contributed by atoms with E-state index in [1.54, 1.807) is 0 Å². The van der Waals surface area contributed by atoms with Crippen molar-refractivity contribution in [1.82, 2.24) is 0 Å². The molecule has 0 bridgehead atoms. The first-order valence-electron chi connectivity index (χ1n) is 5.94. The molecule has 1 aliphatic rings. The molecule has 0 aromatic carbocycles. The van der Waals surface area contributed by atoms with E-state index >= 15 is 0 Å². The Labute approximate surface area is 111 Å². The second kappa shape index (κ2) is 4.29. The van der Waals surface area contributed by atoms with Crippen molar-refractivity contribution < 1.29 is 4.79 Å². The van der Waals surface area contributed by atoms with E-state index in [-0.39, 0.29) is 11.2 Å². The lowest BCUT2D eigenvalue weighted by molar-refractivity contribution is 0.102. The van der Waals surface area contributed by atoms with Gasteiger partial charge in [-0.1, -0.05) is 13.8 Å². The van der Waals surface area contributed by atoms with Crippen LogP contribution < -0.4 is 10.6 Å². The van der Waals surface area contributed by atoms with Gasteiger partial charge in [-0.05, 0) is 11.8 Å². The molecule has 2 heterocycles. The minimum absolute atomic E-state index is 0.0706. The first kappa shape index (κ1) is 12.9. The Hall–Kier alpha value is -1.54. The molecule has 0 atom stereocenters. The summed E-state index contributed by atoms with van der Waals surface area (Å²) in [6, 6.07) is 2.13. The lowest BCUT2D eigenvalue weighted by Gasteiger charge is -2.20. The average molecular weight is 263 g/mol. The number of rotatable bonds is 2. The SMILES string of the molecule is CC(=O)c1sc(N2CCC(C)(C)C2)c(C#N)c1N. The zero-order valence-corrected chi connectivity index (χ0v) is 11.7. The number of nitrogens with zero attached hydrogens (tertiary/aromatic N) is 2. The molecule has 1 saturated heterocycles. The van der Waals surface area contributed by atoms with Crippen LogP contribution in [-0.4, -0.2) is 18.9 Å². The van der Waals surface area contributed by atoms with Crippen molar-refractivity contribution in [3.05, 3.63) is 10.4 Å². The number of nitriles is 1. The molecule has 2 N–H and O–H groups in total. The quantitative estimate of drug-likeness (QED) is 0.833. The van der Waals surface area contributed by atoms with E-state index in [1.807, 2.05) is 0 Å². The highest BCUT2D eigenvalue weighted by molar-refractivity contribution is 7.19. The number of nitrogen functional groups attached to an aromatic ring is 1. The molecule has 1 fully saturated rings. The second-order valence-corrected chi connectivity index (χ2v) is 6.53. The first-order chi connectivity index (χ1) is 8.35. The predicted molar refractivity (Wildman–Crippen MR) is 74.1 cm³/mol. The summed E-state index contributed by atoms with van der Waals surface area (Å²) in [5.41, 5.74) is 6.95. The summed E-state index contributed by atoms with van der Waals surface area (Å²) in [4.78, 5) is 14.2. The molecule has 2 rings (SSSR count). The zero-order valence-electron chi connectivity index (χ0n) is 10.9. The third kappa shape index (κ3) is 2.08. The highest BCUT2D eigenvalue weighted by atomic mass is 32.1.